The minimum atomic E-state index is -1.75. The molecule has 0 atom stereocenters. The predicted molar refractivity (Wildman–Crippen MR) is 133 cm³/mol. The summed E-state index contributed by atoms with van der Waals surface area (Å²) in [5.74, 6) is 0.458. The van der Waals surface area contributed by atoms with Gasteiger partial charge in [0.15, 0.2) is 0 Å². The Labute approximate surface area is 189 Å². The number of benzene rings is 4. The lowest BCUT2D eigenvalue weighted by Crippen LogP contribution is -1.89. The van der Waals surface area contributed by atoms with Crippen LogP contribution in [0.5, 0.6) is 5.88 Å². The average molecular weight is 448 g/mol. The van der Waals surface area contributed by atoms with Crippen molar-refractivity contribution < 1.29 is 12.9 Å². The molecule has 0 saturated carbocycles. The van der Waals surface area contributed by atoms with Gasteiger partial charge in [-0.2, -0.15) is 4.98 Å². The lowest BCUT2D eigenvalue weighted by Gasteiger charge is -2.06. The molecule has 0 aliphatic carbocycles. The van der Waals surface area contributed by atoms with Crippen molar-refractivity contribution in [2.75, 3.05) is 0 Å². The maximum Gasteiger partial charge on any atom is 0.454 e. The van der Waals surface area contributed by atoms with E-state index in [1.165, 1.54) is 5.39 Å². The highest BCUT2D eigenvalue weighted by Gasteiger charge is 2.14. The van der Waals surface area contributed by atoms with E-state index in [1.807, 2.05) is 66.9 Å². The van der Waals surface area contributed by atoms with Crippen LogP contribution in [0.4, 0.5) is 0 Å². The van der Waals surface area contributed by atoms with Gasteiger partial charge in [-0.15, -0.1) is 0 Å². The first-order valence-corrected chi connectivity index (χ1v) is 11.8. The molecule has 4 aromatic carbocycles. The van der Waals surface area contributed by atoms with E-state index in [2.05, 4.69) is 40.8 Å². The lowest BCUT2D eigenvalue weighted by molar-refractivity contribution is 0.488. The SMILES string of the molecule is c1ccc2c(c1)op(Oc1cn3c4ccccc4c4ccccc4c3n1)oc1ccccc12. The van der Waals surface area contributed by atoms with Crippen LogP contribution in [0.2, 0.25) is 0 Å². The van der Waals surface area contributed by atoms with Gasteiger partial charge >= 0.3 is 8.24 Å². The number of aromatic nitrogens is 2. The van der Waals surface area contributed by atoms with Gasteiger partial charge in [0, 0.05) is 21.5 Å². The molecule has 5 nitrogen and oxygen atoms in total. The Morgan fingerprint density at radius 2 is 1.15 bits per heavy atom. The Kier molecular flexibility index (Phi) is 3.98. The molecule has 0 spiro atoms. The van der Waals surface area contributed by atoms with E-state index in [4.69, 9.17) is 17.9 Å². The van der Waals surface area contributed by atoms with E-state index in [-0.39, 0.29) is 0 Å². The molecular weight excluding hydrogens is 431 g/mol. The van der Waals surface area contributed by atoms with E-state index in [0.29, 0.717) is 5.88 Å². The van der Waals surface area contributed by atoms with Crippen molar-refractivity contribution in [3.8, 4) is 5.88 Å². The maximum atomic E-state index is 6.22. The zero-order valence-electron chi connectivity index (χ0n) is 17.4. The lowest BCUT2D eigenvalue weighted by atomic mass is 10.1. The van der Waals surface area contributed by atoms with Gasteiger partial charge in [0.25, 0.3) is 0 Å². The van der Waals surface area contributed by atoms with Crippen LogP contribution in [-0.2, 0) is 0 Å². The fourth-order valence-corrected chi connectivity index (χ4v) is 5.42. The number of rotatable bonds is 2. The highest BCUT2D eigenvalue weighted by Crippen LogP contribution is 2.38. The van der Waals surface area contributed by atoms with Crippen molar-refractivity contribution in [3.05, 3.63) is 103 Å². The smallest absolute Gasteiger partial charge is 0.390 e. The van der Waals surface area contributed by atoms with Crippen molar-refractivity contribution in [2.45, 2.75) is 0 Å². The molecule has 0 saturated heterocycles. The third-order valence-corrected chi connectivity index (χ3v) is 6.91. The summed E-state index contributed by atoms with van der Waals surface area (Å²) < 4.78 is 20.7. The summed E-state index contributed by atoms with van der Waals surface area (Å²) >= 11 is 0. The highest BCUT2D eigenvalue weighted by molar-refractivity contribution is 7.32. The highest BCUT2D eigenvalue weighted by atomic mass is 31.1. The molecule has 3 aromatic heterocycles. The van der Waals surface area contributed by atoms with Crippen LogP contribution in [0.25, 0.3) is 49.3 Å². The maximum absolute atomic E-state index is 6.22. The van der Waals surface area contributed by atoms with E-state index < -0.39 is 8.24 Å². The van der Waals surface area contributed by atoms with Gasteiger partial charge in [-0.1, -0.05) is 78.9 Å². The van der Waals surface area contributed by atoms with Crippen molar-refractivity contribution in [1.82, 2.24) is 9.38 Å². The van der Waals surface area contributed by atoms with E-state index in [0.717, 1.165) is 43.9 Å². The summed E-state index contributed by atoms with van der Waals surface area (Å²) in [4.78, 5) is 4.82. The quantitative estimate of drug-likeness (QED) is 0.251. The molecule has 0 amide bonds. The van der Waals surface area contributed by atoms with Crippen molar-refractivity contribution >= 4 is 57.5 Å². The Morgan fingerprint density at radius 1 is 0.606 bits per heavy atom. The van der Waals surface area contributed by atoms with Gasteiger partial charge in [0.2, 0.25) is 5.88 Å². The third-order valence-electron chi connectivity index (χ3n) is 5.88. The third kappa shape index (κ3) is 2.90. The Balaban J connectivity index is 1.47. The molecule has 0 fully saturated rings. The van der Waals surface area contributed by atoms with E-state index in [1.54, 1.807) is 0 Å². The van der Waals surface area contributed by atoms with Crippen LogP contribution >= 0.6 is 8.24 Å². The molecule has 0 radical (unpaired) electrons. The summed E-state index contributed by atoms with van der Waals surface area (Å²) in [6, 6.07) is 32.4. The number of fused-ring (bicyclic) bond motifs is 9. The molecular formula is C27H17N2O3P. The fraction of sp³-hybridized carbons (Fsp3) is 0. The average Bonchev–Trinajstić information content (AvgIpc) is 3.22. The zero-order valence-corrected chi connectivity index (χ0v) is 18.3. The van der Waals surface area contributed by atoms with Crippen LogP contribution in [-0.4, -0.2) is 9.38 Å². The van der Waals surface area contributed by atoms with E-state index >= 15 is 0 Å². The Hall–Kier alpha value is -4.21. The van der Waals surface area contributed by atoms with Crippen molar-refractivity contribution in [1.29, 1.82) is 0 Å². The van der Waals surface area contributed by atoms with Crippen LogP contribution in [0.1, 0.15) is 0 Å². The molecule has 7 rings (SSSR count). The number of hydrogen-bond acceptors (Lipinski definition) is 4. The largest absolute Gasteiger partial charge is 0.454 e. The summed E-state index contributed by atoms with van der Waals surface area (Å²) in [5.41, 5.74) is 3.37. The standard InChI is InChI=1S/C27H17N2O3P/c1-2-13-22-18(9-1)19-10-3-6-14-23(19)29-17-26(28-27(22)29)32-33-30-24-15-7-4-11-20(24)21-12-5-8-16-25(21)31-33/h1-17H. The number of nitrogens with zero attached hydrogens (tertiary/aromatic N) is 2. The summed E-state index contributed by atoms with van der Waals surface area (Å²) in [6.07, 6.45) is 1.90. The molecule has 6 heteroatoms. The van der Waals surface area contributed by atoms with Crippen molar-refractivity contribution in [3.63, 3.8) is 0 Å². The first-order chi connectivity index (χ1) is 16.3. The van der Waals surface area contributed by atoms with Gasteiger partial charge in [0.1, 0.15) is 16.8 Å². The zero-order chi connectivity index (χ0) is 21.8. The van der Waals surface area contributed by atoms with Gasteiger partial charge in [0.05, 0.1) is 11.7 Å². The minimum absolute atomic E-state index is 0.458. The normalized spacial score (nSPS) is 11.6. The summed E-state index contributed by atoms with van der Waals surface area (Å²) in [6.45, 7) is 0. The molecule has 3 heterocycles. The number of pyridine rings is 1. The molecule has 0 aliphatic heterocycles. The van der Waals surface area contributed by atoms with Crippen LogP contribution < -0.4 is 4.52 Å². The van der Waals surface area contributed by atoms with Crippen molar-refractivity contribution in [2.24, 2.45) is 0 Å². The predicted octanol–water partition coefficient (Wildman–Crippen LogP) is 8.09. The second-order valence-electron chi connectivity index (χ2n) is 7.83. The van der Waals surface area contributed by atoms with Gasteiger partial charge in [-0.3, -0.25) is 4.40 Å². The van der Waals surface area contributed by atoms with Crippen LogP contribution in [0, 0.1) is 0 Å². The second-order valence-corrected chi connectivity index (χ2v) is 8.82. The molecule has 7 aromatic rings. The minimum Gasteiger partial charge on any atom is -0.390 e. The number of para-hydroxylation sites is 3. The van der Waals surface area contributed by atoms with Gasteiger partial charge in [-0.25, -0.2) is 0 Å². The Bertz CT molecular complexity index is 1740. The molecule has 0 N–H and O–H groups in total. The van der Waals surface area contributed by atoms with Gasteiger partial charge < -0.3 is 12.9 Å². The molecule has 0 aliphatic rings. The second kappa shape index (κ2) is 7.16. The fourth-order valence-electron chi connectivity index (χ4n) is 4.43. The monoisotopic (exact) mass is 448 g/mol. The summed E-state index contributed by atoms with van der Waals surface area (Å²) in [7, 11) is -1.75. The van der Waals surface area contributed by atoms with Crippen LogP contribution in [0.3, 0.4) is 0 Å². The van der Waals surface area contributed by atoms with Gasteiger partial charge in [-0.05, 0) is 23.6 Å². The topological polar surface area (TPSA) is 52.8 Å². The molecule has 0 unspecified atom stereocenters. The number of hydrogen-bond donors (Lipinski definition) is 0. The molecule has 0 bridgehead atoms. The first kappa shape index (κ1) is 18.4. The van der Waals surface area contributed by atoms with Crippen LogP contribution in [0.15, 0.2) is 112 Å². The Morgan fingerprint density at radius 3 is 1.85 bits per heavy atom. The first-order valence-electron chi connectivity index (χ1n) is 10.7. The summed E-state index contributed by atoms with van der Waals surface area (Å²) in [5, 5.41) is 5.35. The molecule has 158 valence electrons. The van der Waals surface area contributed by atoms with E-state index in [9.17, 15) is 0 Å². The number of imidazole rings is 1. The molecule has 33 heavy (non-hydrogen) atoms.